The zero-order chi connectivity index (χ0) is 34.9. The van der Waals surface area contributed by atoms with Crippen LogP contribution in [0, 0.1) is 5.92 Å². The minimum atomic E-state index is -0.695. The summed E-state index contributed by atoms with van der Waals surface area (Å²) in [5, 5.41) is 17.7. The number of phenols is 1. The van der Waals surface area contributed by atoms with Crippen molar-refractivity contribution in [2.45, 2.75) is 72.4 Å². The monoisotopic (exact) mass is 661 g/mol. The summed E-state index contributed by atoms with van der Waals surface area (Å²) in [6, 6.07) is 18.5. The predicted octanol–water partition coefficient (Wildman–Crippen LogP) is 6.00. The molecule has 258 valence electrons. The number of amides is 3. The Kier molecular flexibility index (Phi) is 15.4. The highest BCUT2D eigenvalue weighted by Crippen LogP contribution is 2.37. The van der Waals surface area contributed by atoms with Gasteiger partial charge in [0.05, 0.1) is 31.8 Å². The van der Waals surface area contributed by atoms with Gasteiger partial charge in [-0.15, -0.1) is 0 Å². The molecule has 2 atom stereocenters. The third-order valence-electron chi connectivity index (χ3n) is 7.83. The normalized spacial score (nSPS) is 12.0. The van der Waals surface area contributed by atoms with Crippen molar-refractivity contribution in [3.8, 4) is 22.6 Å². The number of hydrogen-bond acceptors (Lipinski definition) is 8. The van der Waals surface area contributed by atoms with Gasteiger partial charge in [-0.05, 0) is 62.1 Å². The topological polar surface area (TPSA) is 144 Å². The summed E-state index contributed by atoms with van der Waals surface area (Å²) in [6.07, 6.45) is 4.36. The number of rotatable bonds is 20. The molecule has 0 saturated carbocycles. The largest absolute Gasteiger partial charge is 0.506 e. The average Bonchev–Trinajstić information content (AvgIpc) is 3.10. The molecule has 3 aromatic carbocycles. The van der Waals surface area contributed by atoms with Crippen molar-refractivity contribution in [2.24, 2.45) is 5.92 Å². The second kappa shape index (κ2) is 19.7. The lowest BCUT2D eigenvalue weighted by molar-refractivity contribution is -0.200. The molecule has 11 heteroatoms. The molecule has 0 aliphatic carbocycles. The molecule has 0 spiro atoms. The summed E-state index contributed by atoms with van der Waals surface area (Å²) in [5.74, 6) is -1.94. The zero-order valence-electron chi connectivity index (χ0n) is 28.2. The summed E-state index contributed by atoms with van der Waals surface area (Å²) in [6.45, 7) is 7.96. The quantitative estimate of drug-likeness (QED) is 0.0440. The second-order valence-corrected chi connectivity index (χ2v) is 11.1. The standard InChI is InChI=1S/C37H47N3O8/c1-5-9-11-19-30(33(6-2)40(25-41)48-23-26-15-12-10-13-16-26)36(44)39-24-38-35(43)28-18-14-17-27(20-28)31-21-29(46-7-3)22-32(34(31)42)37(45)47-8-4/h10,12-18,20-22,25,30,33,42H,5-9,11,19,23-24H2,1-4H3,(H,38,43)(H,39,44)/t30-,33-/m1/s1. The molecule has 0 aliphatic heterocycles. The Bertz CT molecular complexity index is 1500. The molecule has 0 aliphatic rings. The molecule has 48 heavy (non-hydrogen) atoms. The van der Waals surface area contributed by atoms with Gasteiger partial charge in [0.2, 0.25) is 12.3 Å². The highest BCUT2D eigenvalue weighted by molar-refractivity contribution is 5.98. The molecule has 0 bridgehead atoms. The van der Waals surface area contributed by atoms with Gasteiger partial charge in [0, 0.05) is 11.1 Å². The Hall–Kier alpha value is -4.90. The number of unbranched alkanes of at least 4 members (excludes halogenated alkanes) is 2. The lowest BCUT2D eigenvalue weighted by atomic mass is 9.90. The highest BCUT2D eigenvalue weighted by atomic mass is 16.7. The van der Waals surface area contributed by atoms with Gasteiger partial charge in [-0.2, -0.15) is 0 Å². The number of ether oxygens (including phenoxy) is 2. The summed E-state index contributed by atoms with van der Waals surface area (Å²) in [4.78, 5) is 57.1. The van der Waals surface area contributed by atoms with Crippen molar-refractivity contribution in [3.63, 3.8) is 0 Å². The van der Waals surface area contributed by atoms with Gasteiger partial charge in [0.25, 0.3) is 5.91 Å². The van der Waals surface area contributed by atoms with E-state index in [2.05, 4.69) is 17.6 Å². The third-order valence-corrected chi connectivity index (χ3v) is 7.83. The average molecular weight is 662 g/mol. The van der Waals surface area contributed by atoms with Crippen molar-refractivity contribution in [3.05, 3.63) is 83.4 Å². The zero-order valence-corrected chi connectivity index (χ0v) is 28.2. The van der Waals surface area contributed by atoms with E-state index >= 15 is 0 Å². The maximum absolute atomic E-state index is 13.5. The number of hydroxylamine groups is 2. The molecular weight excluding hydrogens is 614 g/mol. The van der Waals surface area contributed by atoms with Crippen molar-refractivity contribution in [1.82, 2.24) is 15.7 Å². The van der Waals surface area contributed by atoms with E-state index in [0.717, 1.165) is 24.8 Å². The second-order valence-electron chi connectivity index (χ2n) is 11.1. The molecule has 0 unspecified atom stereocenters. The number of hydrogen-bond donors (Lipinski definition) is 3. The number of nitrogens with zero attached hydrogens (tertiary/aromatic N) is 1. The summed E-state index contributed by atoms with van der Waals surface area (Å²) in [5.41, 5.74) is 1.89. The maximum Gasteiger partial charge on any atom is 0.342 e. The van der Waals surface area contributed by atoms with Gasteiger partial charge in [-0.25, -0.2) is 9.86 Å². The SMILES string of the molecule is CCCCC[C@@H](C(=O)NCNC(=O)c1cccc(-c2cc(OCC)cc(C(=O)OCC)c2O)c1)[C@@H](CC)N(C=O)OCc1ccccc1. The first-order valence-corrected chi connectivity index (χ1v) is 16.5. The smallest absolute Gasteiger partial charge is 0.342 e. The first-order chi connectivity index (χ1) is 23.3. The van der Waals surface area contributed by atoms with Gasteiger partial charge in [-0.1, -0.05) is 75.6 Å². The molecule has 11 nitrogen and oxygen atoms in total. The summed E-state index contributed by atoms with van der Waals surface area (Å²) in [7, 11) is 0. The van der Waals surface area contributed by atoms with Crippen LogP contribution in [0.5, 0.6) is 11.5 Å². The fourth-order valence-corrected chi connectivity index (χ4v) is 5.40. The van der Waals surface area contributed by atoms with Gasteiger partial charge in [-0.3, -0.25) is 19.2 Å². The molecular formula is C37H47N3O8. The fourth-order valence-electron chi connectivity index (χ4n) is 5.40. The van der Waals surface area contributed by atoms with Gasteiger partial charge in [0.1, 0.15) is 23.7 Å². The van der Waals surface area contributed by atoms with Crippen LogP contribution < -0.4 is 15.4 Å². The van der Waals surface area contributed by atoms with Crippen LogP contribution in [0.15, 0.2) is 66.7 Å². The summed E-state index contributed by atoms with van der Waals surface area (Å²) >= 11 is 0. The van der Waals surface area contributed by atoms with E-state index in [1.165, 1.54) is 11.1 Å². The molecule has 0 aromatic heterocycles. The number of carbonyl (C=O) groups is 4. The van der Waals surface area contributed by atoms with Crippen LogP contribution in [0.2, 0.25) is 0 Å². The number of phenolic OH excluding ortho intramolecular Hbond substituents is 1. The van der Waals surface area contributed by atoms with Crippen LogP contribution >= 0.6 is 0 Å². The fraction of sp³-hybridized carbons (Fsp3) is 0.405. The minimum Gasteiger partial charge on any atom is -0.506 e. The van der Waals surface area contributed by atoms with Crippen molar-refractivity contribution < 1.29 is 38.6 Å². The van der Waals surface area contributed by atoms with Gasteiger partial charge < -0.3 is 25.2 Å². The van der Waals surface area contributed by atoms with E-state index in [4.69, 9.17) is 14.3 Å². The highest BCUT2D eigenvalue weighted by Gasteiger charge is 2.32. The first kappa shape index (κ1) is 37.6. The Morgan fingerprint density at radius 1 is 0.917 bits per heavy atom. The lowest BCUT2D eigenvalue weighted by Gasteiger charge is -2.32. The minimum absolute atomic E-state index is 0.0483. The Labute approximate surface area is 282 Å². The number of esters is 1. The molecule has 0 radical (unpaired) electrons. The van der Waals surface area contributed by atoms with Gasteiger partial charge in [0.15, 0.2) is 0 Å². The Morgan fingerprint density at radius 2 is 1.69 bits per heavy atom. The maximum atomic E-state index is 13.5. The number of carbonyl (C=O) groups excluding carboxylic acids is 4. The van der Waals surface area contributed by atoms with Crippen LogP contribution in [-0.2, 0) is 25.8 Å². The molecule has 3 aromatic rings. The Morgan fingerprint density at radius 3 is 2.35 bits per heavy atom. The van der Waals surface area contributed by atoms with Crippen LogP contribution in [0.4, 0.5) is 0 Å². The van der Waals surface area contributed by atoms with Crippen LogP contribution in [0.3, 0.4) is 0 Å². The summed E-state index contributed by atoms with van der Waals surface area (Å²) < 4.78 is 10.7. The molecule has 3 rings (SSSR count). The van der Waals surface area contributed by atoms with Crippen molar-refractivity contribution in [2.75, 3.05) is 19.9 Å². The van der Waals surface area contributed by atoms with Crippen LogP contribution in [0.1, 0.15) is 86.1 Å². The van der Waals surface area contributed by atoms with E-state index in [0.29, 0.717) is 42.7 Å². The first-order valence-electron chi connectivity index (χ1n) is 16.5. The molecule has 0 heterocycles. The van der Waals surface area contributed by atoms with E-state index < -0.39 is 23.8 Å². The lowest BCUT2D eigenvalue weighted by Crippen LogP contribution is -2.48. The molecule has 0 saturated heterocycles. The van der Waals surface area contributed by atoms with E-state index in [1.54, 1.807) is 44.2 Å². The predicted molar refractivity (Wildman–Crippen MR) is 182 cm³/mol. The number of nitrogens with one attached hydrogen (secondary N) is 2. The van der Waals surface area contributed by atoms with E-state index in [9.17, 15) is 24.3 Å². The van der Waals surface area contributed by atoms with Crippen molar-refractivity contribution in [1.29, 1.82) is 0 Å². The van der Waals surface area contributed by atoms with Crippen molar-refractivity contribution >= 4 is 24.2 Å². The number of aromatic hydroxyl groups is 1. The molecule has 0 fully saturated rings. The van der Waals surface area contributed by atoms with E-state index in [1.807, 2.05) is 37.3 Å². The van der Waals surface area contributed by atoms with E-state index in [-0.39, 0.29) is 42.7 Å². The number of benzene rings is 3. The Balaban J connectivity index is 1.73. The molecule has 3 amide bonds. The van der Waals surface area contributed by atoms with Crippen LogP contribution in [-0.4, -0.2) is 60.3 Å². The third kappa shape index (κ3) is 10.6. The van der Waals surface area contributed by atoms with Crippen LogP contribution in [0.25, 0.3) is 11.1 Å². The molecule has 3 N–H and O–H groups in total. The van der Waals surface area contributed by atoms with Gasteiger partial charge >= 0.3 is 5.97 Å².